The molecule has 1 aliphatic carbocycles. The summed E-state index contributed by atoms with van der Waals surface area (Å²) in [5, 5.41) is 2.17. The molecule has 1 aromatic heterocycles. The van der Waals surface area contributed by atoms with E-state index in [-0.39, 0.29) is 5.41 Å². The van der Waals surface area contributed by atoms with E-state index >= 15 is 0 Å². The Balaban J connectivity index is 1.48. The lowest BCUT2D eigenvalue weighted by atomic mass is 9.73. The number of piperidine rings is 1. The van der Waals surface area contributed by atoms with E-state index in [1.807, 2.05) is 16.2 Å². The largest absolute Gasteiger partial charge is 0.343 e. The van der Waals surface area contributed by atoms with Crippen molar-refractivity contribution >= 4 is 17.2 Å². The van der Waals surface area contributed by atoms with Crippen LogP contribution in [0, 0.1) is 0 Å². The van der Waals surface area contributed by atoms with Crippen molar-refractivity contribution in [3.63, 3.8) is 0 Å². The lowest BCUT2D eigenvalue weighted by Crippen LogP contribution is -2.41. The fourth-order valence-electron chi connectivity index (χ4n) is 5.36. The molecule has 0 bridgehead atoms. The van der Waals surface area contributed by atoms with Gasteiger partial charge < -0.3 is 4.90 Å². The van der Waals surface area contributed by atoms with Crippen molar-refractivity contribution in [1.82, 2.24) is 9.80 Å². The molecule has 0 radical (unpaired) electrons. The molecule has 0 N–H and O–H groups in total. The minimum Gasteiger partial charge on any atom is -0.343 e. The molecule has 1 atom stereocenters. The summed E-state index contributed by atoms with van der Waals surface area (Å²) in [6.07, 6.45) is 4.24. The molecule has 2 aliphatic rings. The summed E-state index contributed by atoms with van der Waals surface area (Å²) in [4.78, 5) is 18.8. The van der Waals surface area contributed by atoms with E-state index in [2.05, 4.69) is 60.5 Å². The number of hydrogen-bond donors (Lipinski definition) is 0. The van der Waals surface area contributed by atoms with Crippen LogP contribution in [0.4, 0.5) is 0 Å². The average Bonchev–Trinajstić information content (AvgIpc) is 3.32. The summed E-state index contributed by atoms with van der Waals surface area (Å²) in [6.45, 7) is 9.17. The molecule has 1 unspecified atom stereocenters. The smallest absolute Gasteiger partial charge is 0.223 e. The van der Waals surface area contributed by atoms with E-state index in [1.54, 1.807) is 0 Å². The molecule has 4 rings (SSSR count). The number of fused-ring (bicyclic) bond motifs is 2. The number of benzene rings is 1. The van der Waals surface area contributed by atoms with Gasteiger partial charge in [-0.3, -0.25) is 9.69 Å². The van der Waals surface area contributed by atoms with Crippen LogP contribution in [-0.4, -0.2) is 41.9 Å². The zero-order chi connectivity index (χ0) is 19.6. The number of thiophene rings is 1. The van der Waals surface area contributed by atoms with Gasteiger partial charge in [0.25, 0.3) is 0 Å². The fourth-order valence-corrected chi connectivity index (χ4v) is 6.11. The molecule has 1 aliphatic heterocycles. The van der Waals surface area contributed by atoms with E-state index in [4.69, 9.17) is 0 Å². The van der Waals surface area contributed by atoms with Gasteiger partial charge in [0.05, 0.1) is 0 Å². The molecule has 150 valence electrons. The van der Waals surface area contributed by atoms with Crippen LogP contribution in [-0.2, 0) is 16.8 Å². The SMILES string of the molecule is CCN(CC)C(=O)CC1CC2(CCN(Cc3cccs3)CC2)c2ccccc21. The standard InChI is InChI=1S/C24H32N2OS/c1-3-26(4-2)23(27)16-19-17-24(22-10-6-5-9-21(19)22)11-13-25(14-12-24)18-20-8-7-15-28-20/h5-10,15,19H,3-4,11-14,16-18H2,1-2H3. The maximum atomic E-state index is 12.8. The zero-order valence-electron chi connectivity index (χ0n) is 17.2. The van der Waals surface area contributed by atoms with Crippen LogP contribution in [0.2, 0.25) is 0 Å². The van der Waals surface area contributed by atoms with Gasteiger partial charge in [-0.1, -0.05) is 30.3 Å². The lowest BCUT2D eigenvalue weighted by Gasteiger charge is -2.40. The van der Waals surface area contributed by atoms with Crippen molar-refractivity contribution in [3.8, 4) is 0 Å². The Morgan fingerprint density at radius 3 is 2.57 bits per heavy atom. The summed E-state index contributed by atoms with van der Waals surface area (Å²) in [7, 11) is 0. The normalized spacial score (nSPS) is 21.0. The highest BCUT2D eigenvalue weighted by Crippen LogP contribution is 2.52. The van der Waals surface area contributed by atoms with Gasteiger partial charge in [0.2, 0.25) is 5.91 Å². The van der Waals surface area contributed by atoms with Crippen LogP contribution >= 0.6 is 11.3 Å². The first-order valence-corrected chi connectivity index (χ1v) is 11.6. The number of carbonyl (C=O) groups excluding carboxylic acids is 1. The molecule has 3 nitrogen and oxygen atoms in total. The topological polar surface area (TPSA) is 23.6 Å². The molecule has 4 heteroatoms. The highest BCUT2D eigenvalue weighted by atomic mass is 32.1. The molecule has 2 heterocycles. The number of carbonyl (C=O) groups is 1. The maximum absolute atomic E-state index is 12.8. The predicted octanol–water partition coefficient (Wildman–Crippen LogP) is 5.03. The Morgan fingerprint density at radius 1 is 1.14 bits per heavy atom. The second-order valence-corrected chi connectivity index (χ2v) is 9.43. The molecule has 2 aromatic rings. The van der Waals surface area contributed by atoms with Gasteiger partial charge in [0.15, 0.2) is 0 Å². The quantitative estimate of drug-likeness (QED) is 0.684. The minimum absolute atomic E-state index is 0.275. The molecular weight excluding hydrogens is 364 g/mol. The monoisotopic (exact) mass is 396 g/mol. The summed E-state index contributed by atoms with van der Waals surface area (Å²) in [5.41, 5.74) is 3.24. The Labute approximate surface area is 173 Å². The Hall–Kier alpha value is -1.65. The number of amides is 1. The second kappa shape index (κ2) is 8.38. The molecule has 1 amide bonds. The predicted molar refractivity (Wildman–Crippen MR) is 117 cm³/mol. The first-order chi connectivity index (χ1) is 13.6. The van der Waals surface area contributed by atoms with Crippen LogP contribution in [0.1, 0.15) is 61.5 Å². The first kappa shape index (κ1) is 19.7. The summed E-state index contributed by atoms with van der Waals surface area (Å²) < 4.78 is 0. The Kier molecular flexibility index (Phi) is 5.88. The Bertz CT molecular complexity index is 789. The van der Waals surface area contributed by atoms with E-state index < -0.39 is 0 Å². The van der Waals surface area contributed by atoms with Crippen molar-refractivity contribution in [2.45, 2.75) is 57.4 Å². The van der Waals surface area contributed by atoms with E-state index in [0.29, 0.717) is 18.2 Å². The molecule has 1 saturated heterocycles. The number of rotatable bonds is 6. The maximum Gasteiger partial charge on any atom is 0.223 e. The molecular formula is C24H32N2OS. The van der Waals surface area contributed by atoms with Gasteiger partial charge in [-0.15, -0.1) is 11.3 Å². The molecule has 0 saturated carbocycles. The van der Waals surface area contributed by atoms with E-state index in [9.17, 15) is 4.79 Å². The average molecular weight is 397 g/mol. The summed E-state index contributed by atoms with van der Waals surface area (Å²) in [5.74, 6) is 0.699. The summed E-state index contributed by atoms with van der Waals surface area (Å²) >= 11 is 1.86. The highest BCUT2D eigenvalue weighted by Gasteiger charge is 2.45. The van der Waals surface area contributed by atoms with Crippen molar-refractivity contribution < 1.29 is 4.79 Å². The van der Waals surface area contributed by atoms with Crippen LogP contribution in [0.25, 0.3) is 0 Å². The van der Waals surface area contributed by atoms with Crippen molar-refractivity contribution in [1.29, 1.82) is 0 Å². The highest BCUT2D eigenvalue weighted by molar-refractivity contribution is 7.09. The van der Waals surface area contributed by atoms with Crippen LogP contribution in [0.5, 0.6) is 0 Å². The molecule has 28 heavy (non-hydrogen) atoms. The van der Waals surface area contributed by atoms with E-state index in [1.165, 1.54) is 28.8 Å². The summed E-state index contributed by atoms with van der Waals surface area (Å²) in [6, 6.07) is 13.4. The van der Waals surface area contributed by atoms with Crippen LogP contribution in [0.15, 0.2) is 41.8 Å². The third-order valence-corrected chi connectivity index (χ3v) is 7.78. The van der Waals surface area contributed by atoms with Crippen molar-refractivity contribution in [2.24, 2.45) is 0 Å². The molecule has 1 fully saturated rings. The third-order valence-electron chi connectivity index (χ3n) is 6.92. The third kappa shape index (κ3) is 3.77. The van der Waals surface area contributed by atoms with Crippen LogP contribution in [0.3, 0.4) is 0 Å². The van der Waals surface area contributed by atoms with E-state index in [0.717, 1.165) is 39.1 Å². The van der Waals surface area contributed by atoms with Crippen molar-refractivity contribution in [2.75, 3.05) is 26.2 Å². The Morgan fingerprint density at radius 2 is 1.89 bits per heavy atom. The molecule has 1 aromatic carbocycles. The van der Waals surface area contributed by atoms with Gasteiger partial charge in [-0.05, 0) is 80.1 Å². The second-order valence-electron chi connectivity index (χ2n) is 8.39. The fraction of sp³-hybridized carbons (Fsp3) is 0.542. The van der Waals surface area contributed by atoms with Crippen LogP contribution < -0.4 is 0 Å². The number of nitrogens with zero attached hydrogens (tertiary/aromatic N) is 2. The van der Waals surface area contributed by atoms with Crippen molar-refractivity contribution in [3.05, 3.63) is 57.8 Å². The first-order valence-electron chi connectivity index (χ1n) is 10.8. The van der Waals surface area contributed by atoms with Gasteiger partial charge in [0, 0.05) is 30.9 Å². The number of likely N-dealkylation sites (tertiary alicyclic amines) is 1. The molecule has 1 spiro atoms. The number of hydrogen-bond acceptors (Lipinski definition) is 3. The zero-order valence-corrected chi connectivity index (χ0v) is 18.0. The minimum atomic E-state index is 0.275. The lowest BCUT2D eigenvalue weighted by molar-refractivity contribution is -0.131. The van der Waals surface area contributed by atoms with Gasteiger partial charge in [-0.2, -0.15) is 0 Å². The van der Waals surface area contributed by atoms with Gasteiger partial charge in [-0.25, -0.2) is 0 Å². The van der Waals surface area contributed by atoms with Gasteiger partial charge in [0.1, 0.15) is 0 Å². The van der Waals surface area contributed by atoms with Gasteiger partial charge >= 0.3 is 0 Å².